The minimum atomic E-state index is 0.0839. The summed E-state index contributed by atoms with van der Waals surface area (Å²) in [5.41, 5.74) is 1.65. The molecule has 5 atom stereocenters. The van der Waals surface area contributed by atoms with Crippen LogP contribution < -0.4 is 10.6 Å². The fourth-order valence-corrected chi connectivity index (χ4v) is 6.79. The highest BCUT2D eigenvalue weighted by molar-refractivity contribution is 5.80. The van der Waals surface area contributed by atoms with E-state index in [4.69, 9.17) is 0 Å². The van der Waals surface area contributed by atoms with Gasteiger partial charge in [-0.3, -0.25) is 9.69 Å². The Morgan fingerprint density at radius 1 is 1.22 bits per heavy atom. The highest BCUT2D eigenvalue weighted by Gasteiger charge is 2.75. The van der Waals surface area contributed by atoms with Gasteiger partial charge in [-0.05, 0) is 31.2 Å². The van der Waals surface area contributed by atoms with Gasteiger partial charge in [0, 0.05) is 49.1 Å². The molecule has 0 bridgehead atoms. The van der Waals surface area contributed by atoms with Gasteiger partial charge in [-0.1, -0.05) is 44.2 Å². The normalized spacial score (nSPS) is 32.0. The molecule has 1 aromatic heterocycles. The van der Waals surface area contributed by atoms with E-state index >= 15 is 0 Å². The van der Waals surface area contributed by atoms with E-state index in [-0.39, 0.29) is 17.9 Å². The second-order valence-corrected chi connectivity index (χ2v) is 10.5. The Labute approximate surface area is 190 Å². The number of likely N-dealkylation sites (tertiary alicyclic amines) is 1. The standard InChI is InChI=1S/C25H34N6O/c1-16(2)23-29-27-15-31(23)22-12-21-25(22)10-8-20(25)30(21)11-9-19(17-6-4-3-5-7-17)28-24(32)18-13-26-14-18/h3-7,15-16,18-22,26H,8-14H2,1-2H3,(H,28,32)/t19-,20?,21?,22?,25?/m0/s1. The Hall–Kier alpha value is -2.25. The van der Waals surface area contributed by atoms with E-state index in [9.17, 15) is 4.79 Å². The van der Waals surface area contributed by atoms with Crippen LogP contribution in [0.1, 0.15) is 68.9 Å². The quantitative estimate of drug-likeness (QED) is 0.668. The lowest BCUT2D eigenvalue weighted by molar-refractivity contribution is -0.294. The van der Waals surface area contributed by atoms with E-state index in [0.29, 0.717) is 29.5 Å². The van der Waals surface area contributed by atoms with E-state index in [1.165, 1.54) is 24.8 Å². The molecule has 2 aliphatic heterocycles. The second kappa shape index (κ2) is 7.66. The van der Waals surface area contributed by atoms with Crippen molar-refractivity contribution < 1.29 is 4.79 Å². The molecule has 2 saturated carbocycles. The minimum Gasteiger partial charge on any atom is -0.349 e. The van der Waals surface area contributed by atoms with E-state index < -0.39 is 0 Å². The fourth-order valence-electron chi connectivity index (χ4n) is 6.79. The molecule has 32 heavy (non-hydrogen) atoms. The predicted octanol–water partition coefficient (Wildman–Crippen LogP) is 2.65. The first-order chi connectivity index (χ1) is 15.6. The number of nitrogens with one attached hydrogen (secondary N) is 2. The molecular weight excluding hydrogens is 400 g/mol. The highest BCUT2D eigenvalue weighted by Crippen LogP contribution is 2.72. The zero-order valence-electron chi connectivity index (χ0n) is 19.1. The average Bonchev–Trinajstić information content (AvgIpc) is 3.18. The summed E-state index contributed by atoms with van der Waals surface area (Å²) in [6.45, 7) is 7.06. The average molecular weight is 435 g/mol. The van der Waals surface area contributed by atoms with Gasteiger partial charge >= 0.3 is 0 Å². The van der Waals surface area contributed by atoms with Gasteiger partial charge < -0.3 is 15.2 Å². The lowest BCUT2D eigenvalue weighted by Crippen LogP contribution is -2.85. The summed E-state index contributed by atoms with van der Waals surface area (Å²) in [5, 5.41) is 15.2. The molecule has 170 valence electrons. The monoisotopic (exact) mass is 434 g/mol. The second-order valence-electron chi connectivity index (χ2n) is 10.5. The molecule has 4 fully saturated rings. The van der Waals surface area contributed by atoms with Crippen LogP contribution in [0.5, 0.6) is 0 Å². The number of carbonyl (C=O) groups excluding carboxylic acids is 1. The van der Waals surface area contributed by atoms with Gasteiger partial charge in [0.05, 0.1) is 12.0 Å². The molecule has 1 aromatic carbocycles. The minimum absolute atomic E-state index is 0.0839. The number of rotatable bonds is 8. The van der Waals surface area contributed by atoms with Crippen LogP contribution in [0.2, 0.25) is 0 Å². The summed E-state index contributed by atoms with van der Waals surface area (Å²) in [5.74, 6) is 1.85. The van der Waals surface area contributed by atoms with Gasteiger partial charge in [0.2, 0.25) is 5.91 Å². The van der Waals surface area contributed by atoms with Crippen molar-refractivity contribution in [2.24, 2.45) is 11.3 Å². The molecule has 0 radical (unpaired) electrons. The highest BCUT2D eigenvalue weighted by atomic mass is 16.2. The van der Waals surface area contributed by atoms with Crippen molar-refractivity contribution in [3.05, 3.63) is 48.0 Å². The van der Waals surface area contributed by atoms with Crippen molar-refractivity contribution in [1.82, 2.24) is 30.3 Å². The van der Waals surface area contributed by atoms with Crippen molar-refractivity contribution in [3.8, 4) is 0 Å². The van der Waals surface area contributed by atoms with Crippen LogP contribution in [0.15, 0.2) is 36.7 Å². The first kappa shape index (κ1) is 20.4. The van der Waals surface area contributed by atoms with Crippen molar-refractivity contribution >= 4 is 5.91 Å². The molecule has 2 N–H and O–H groups in total. The number of benzene rings is 1. The van der Waals surface area contributed by atoms with Crippen LogP contribution in [0, 0.1) is 11.3 Å². The van der Waals surface area contributed by atoms with Crippen molar-refractivity contribution in [2.45, 2.75) is 69.6 Å². The van der Waals surface area contributed by atoms with Crippen LogP contribution in [0.3, 0.4) is 0 Å². The Kier molecular flexibility index (Phi) is 4.88. The van der Waals surface area contributed by atoms with Crippen LogP contribution in [0.25, 0.3) is 0 Å². The molecule has 3 heterocycles. The SMILES string of the molecule is CC(C)c1nncn1C1CC2N(CC[C@H](NC(=O)C3CNC3)c3ccccc3)C3CCC321. The Morgan fingerprint density at radius 3 is 2.66 bits per heavy atom. The molecule has 4 unspecified atom stereocenters. The molecule has 7 nitrogen and oxygen atoms in total. The lowest BCUT2D eigenvalue weighted by Gasteiger charge is -2.80. The van der Waals surface area contributed by atoms with Gasteiger partial charge in [-0.15, -0.1) is 10.2 Å². The van der Waals surface area contributed by atoms with Crippen molar-refractivity contribution in [1.29, 1.82) is 0 Å². The summed E-state index contributed by atoms with van der Waals surface area (Å²) in [6.07, 6.45) is 6.74. The summed E-state index contributed by atoms with van der Waals surface area (Å²) >= 11 is 0. The van der Waals surface area contributed by atoms with E-state index in [0.717, 1.165) is 31.9 Å². The van der Waals surface area contributed by atoms with Crippen LogP contribution >= 0.6 is 0 Å². The number of nitrogens with zero attached hydrogens (tertiary/aromatic N) is 4. The molecule has 4 aliphatic rings. The molecule has 2 saturated heterocycles. The molecule has 7 heteroatoms. The van der Waals surface area contributed by atoms with E-state index in [1.54, 1.807) is 0 Å². The van der Waals surface area contributed by atoms with Gasteiger partial charge in [0.1, 0.15) is 12.2 Å². The summed E-state index contributed by atoms with van der Waals surface area (Å²) in [4.78, 5) is 15.4. The molecule has 2 aliphatic carbocycles. The number of piperidine rings is 2. The fraction of sp³-hybridized carbons (Fsp3) is 0.640. The Balaban J connectivity index is 1.13. The summed E-state index contributed by atoms with van der Waals surface area (Å²) in [7, 11) is 0. The third-order valence-corrected chi connectivity index (χ3v) is 8.76. The predicted molar refractivity (Wildman–Crippen MR) is 122 cm³/mol. The third kappa shape index (κ3) is 2.90. The zero-order chi connectivity index (χ0) is 21.9. The number of aromatic nitrogens is 3. The smallest absolute Gasteiger partial charge is 0.226 e. The first-order valence-corrected chi connectivity index (χ1v) is 12.3. The molecule has 6 rings (SSSR count). The van der Waals surface area contributed by atoms with Gasteiger partial charge in [-0.25, -0.2) is 0 Å². The largest absolute Gasteiger partial charge is 0.349 e. The van der Waals surface area contributed by atoms with Crippen molar-refractivity contribution in [2.75, 3.05) is 19.6 Å². The number of amides is 1. The summed E-state index contributed by atoms with van der Waals surface area (Å²) < 4.78 is 2.38. The zero-order valence-corrected chi connectivity index (χ0v) is 19.1. The molecule has 1 amide bonds. The number of carbonyl (C=O) groups is 1. The Bertz CT molecular complexity index is 977. The van der Waals surface area contributed by atoms with Gasteiger partial charge in [0.25, 0.3) is 0 Å². The topological polar surface area (TPSA) is 75.1 Å². The number of hydrogen-bond acceptors (Lipinski definition) is 5. The molecule has 1 spiro atoms. The third-order valence-electron chi connectivity index (χ3n) is 8.76. The summed E-state index contributed by atoms with van der Waals surface area (Å²) in [6, 6.07) is 12.5. The van der Waals surface area contributed by atoms with Crippen LogP contribution in [-0.4, -0.2) is 57.3 Å². The number of hydrogen-bond donors (Lipinski definition) is 2. The maximum Gasteiger partial charge on any atom is 0.226 e. The first-order valence-electron chi connectivity index (χ1n) is 12.3. The lowest BCUT2D eigenvalue weighted by atomic mass is 9.40. The van der Waals surface area contributed by atoms with E-state index in [2.05, 4.69) is 68.4 Å². The Morgan fingerprint density at radius 2 is 2.03 bits per heavy atom. The molecular formula is C25H34N6O. The maximum atomic E-state index is 12.7. The van der Waals surface area contributed by atoms with Crippen LogP contribution in [-0.2, 0) is 4.79 Å². The molecule has 2 aromatic rings. The van der Waals surface area contributed by atoms with Gasteiger partial charge in [0.15, 0.2) is 0 Å². The van der Waals surface area contributed by atoms with Crippen LogP contribution in [0.4, 0.5) is 0 Å². The maximum absolute atomic E-state index is 12.7. The van der Waals surface area contributed by atoms with E-state index in [1.807, 2.05) is 12.4 Å². The van der Waals surface area contributed by atoms with Gasteiger partial charge in [-0.2, -0.15) is 0 Å². The van der Waals surface area contributed by atoms with Crippen molar-refractivity contribution in [3.63, 3.8) is 0 Å².